The lowest BCUT2D eigenvalue weighted by Crippen LogP contribution is -2.41. The molecule has 1 aliphatic rings. The van der Waals surface area contributed by atoms with Gasteiger partial charge in [0.05, 0.1) is 6.54 Å². The minimum absolute atomic E-state index is 0.224. The summed E-state index contributed by atoms with van der Waals surface area (Å²) >= 11 is 0. The second-order valence-electron chi connectivity index (χ2n) is 8.09. The van der Waals surface area contributed by atoms with Crippen molar-refractivity contribution < 1.29 is 14.4 Å². The minimum atomic E-state index is -1.23. The van der Waals surface area contributed by atoms with Gasteiger partial charge in [0.15, 0.2) is 5.78 Å². The normalized spacial score (nSPS) is 18.5. The minimum Gasteiger partial charge on any atom is -0.319 e. The molecule has 3 amide bonds. The van der Waals surface area contributed by atoms with Crippen molar-refractivity contribution in [2.75, 3.05) is 6.54 Å². The number of imide groups is 1. The quantitative estimate of drug-likeness (QED) is 0.473. The van der Waals surface area contributed by atoms with Crippen molar-refractivity contribution in [3.63, 3.8) is 0 Å². The summed E-state index contributed by atoms with van der Waals surface area (Å²) in [5, 5.41) is 4.72. The van der Waals surface area contributed by atoms with Crippen LogP contribution in [0.1, 0.15) is 47.8 Å². The number of ketones is 1. The van der Waals surface area contributed by atoms with Crippen molar-refractivity contribution >= 4 is 28.5 Å². The van der Waals surface area contributed by atoms with Crippen LogP contribution in [0.25, 0.3) is 10.8 Å². The average Bonchev–Trinajstić information content (AvgIpc) is 3.01. The molecule has 5 nitrogen and oxygen atoms in total. The highest BCUT2D eigenvalue weighted by Crippen LogP contribution is 2.34. The number of rotatable bonds is 6. The van der Waals surface area contributed by atoms with Gasteiger partial charge in [-0.1, -0.05) is 68.4 Å². The van der Waals surface area contributed by atoms with E-state index in [1.165, 1.54) is 0 Å². The Morgan fingerprint density at radius 3 is 2.45 bits per heavy atom. The third-order valence-corrected chi connectivity index (χ3v) is 6.17. The smallest absolute Gasteiger partial charge is 0.319 e. The summed E-state index contributed by atoms with van der Waals surface area (Å²) in [5.41, 5.74) is 2.06. The molecule has 1 heterocycles. The van der Waals surface area contributed by atoms with E-state index in [9.17, 15) is 14.4 Å². The fourth-order valence-corrected chi connectivity index (χ4v) is 4.32. The maximum Gasteiger partial charge on any atom is 0.325 e. The molecule has 3 aromatic carbocycles. The van der Waals surface area contributed by atoms with Crippen molar-refractivity contribution in [3.8, 4) is 0 Å². The predicted molar refractivity (Wildman–Crippen MR) is 121 cm³/mol. The highest BCUT2D eigenvalue weighted by molar-refractivity contribution is 6.12. The first-order valence-corrected chi connectivity index (χ1v) is 10.7. The number of aryl methyl sites for hydroxylation is 2. The van der Waals surface area contributed by atoms with Crippen LogP contribution in [0.2, 0.25) is 0 Å². The first-order chi connectivity index (χ1) is 14.9. The van der Waals surface area contributed by atoms with Gasteiger partial charge in [0.25, 0.3) is 5.91 Å². The fourth-order valence-electron chi connectivity index (χ4n) is 4.32. The van der Waals surface area contributed by atoms with Crippen LogP contribution in [0.4, 0.5) is 4.79 Å². The molecule has 4 rings (SSSR count). The molecule has 1 saturated heterocycles. The van der Waals surface area contributed by atoms with Crippen LogP contribution in [0.15, 0.2) is 60.7 Å². The molecule has 0 aliphatic carbocycles. The van der Waals surface area contributed by atoms with E-state index in [-0.39, 0.29) is 12.3 Å². The van der Waals surface area contributed by atoms with Gasteiger partial charge in [-0.25, -0.2) is 4.79 Å². The van der Waals surface area contributed by atoms with E-state index in [1.807, 2.05) is 74.5 Å². The SMILES string of the molecule is CCc1ccc(CC)c(C(=O)CN2C(=O)NC(C)(c3cccc4ccccc34)C2=O)c1. The zero-order valence-corrected chi connectivity index (χ0v) is 18.1. The third-order valence-electron chi connectivity index (χ3n) is 6.17. The molecule has 0 spiro atoms. The first-order valence-electron chi connectivity index (χ1n) is 10.7. The molecule has 0 aromatic heterocycles. The van der Waals surface area contributed by atoms with E-state index >= 15 is 0 Å². The van der Waals surface area contributed by atoms with Gasteiger partial charge in [-0.3, -0.25) is 14.5 Å². The Balaban J connectivity index is 1.67. The summed E-state index contributed by atoms with van der Waals surface area (Å²) in [6.45, 7) is 5.45. The second-order valence-corrected chi connectivity index (χ2v) is 8.09. The average molecular weight is 415 g/mol. The molecule has 158 valence electrons. The van der Waals surface area contributed by atoms with E-state index in [0.29, 0.717) is 12.0 Å². The Labute approximate surface area is 182 Å². The molecule has 5 heteroatoms. The summed E-state index contributed by atoms with van der Waals surface area (Å²) in [4.78, 5) is 40.4. The van der Waals surface area contributed by atoms with E-state index < -0.39 is 17.5 Å². The number of benzene rings is 3. The number of carbonyl (C=O) groups is 3. The lowest BCUT2D eigenvalue weighted by Gasteiger charge is -2.24. The van der Waals surface area contributed by atoms with Crippen LogP contribution in [0, 0.1) is 0 Å². The molecule has 1 N–H and O–H groups in total. The number of fused-ring (bicyclic) bond motifs is 1. The fraction of sp³-hybridized carbons (Fsp3) is 0.269. The van der Waals surface area contributed by atoms with Crippen LogP contribution in [-0.4, -0.2) is 29.2 Å². The van der Waals surface area contributed by atoms with Gasteiger partial charge in [0.1, 0.15) is 5.54 Å². The zero-order valence-electron chi connectivity index (χ0n) is 18.1. The molecule has 0 saturated carbocycles. The molecule has 0 bridgehead atoms. The Morgan fingerprint density at radius 1 is 0.968 bits per heavy atom. The van der Waals surface area contributed by atoms with E-state index in [1.54, 1.807) is 6.92 Å². The van der Waals surface area contributed by atoms with Crippen molar-refractivity contribution in [2.45, 2.75) is 39.2 Å². The van der Waals surface area contributed by atoms with Gasteiger partial charge >= 0.3 is 6.03 Å². The van der Waals surface area contributed by atoms with E-state index in [2.05, 4.69) is 5.32 Å². The third kappa shape index (κ3) is 3.50. The summed E-state index contributed by atoms with van der Waals surface area (Å²) < 4.78 is 0. The molecular formula is C26H26N2O3. The van der Waals surface area contributed by atoms with Gasteiger partial charge in [-0.15, -0.1) is 0 Å². The highest BCUT2D eigenvalue weighted by Gasteiger charge is 2.50. The molecule has 1 aliphatic heterocycles. The lowest BCUT2D eigenvalue weighted by molar-refractivity contribution is -0.130. The molecule has 3 aromatic rings. The van der Waals surface area contributed by atoms with Crippen LogP contribution >= 0.6 is 0 Å². The molecule has 31 heavy (non-hydrogen) atoms. The van der Waals surface area contributed by atoms with Crippen molar-refractivity contribution in [3.05, 3.63) is 82.9 Å². The molecule has 0 radical (unpaired) electrons. The van der Waals surface area contributed by atoms with E-state index in [0.717, 1.165) is 38.8 Å². The second kappa shape index (κ2) is 7.99. The number of hydrogen-bond donors (Lipinski definition) is 1. The van der Waals surface area contributed by atoms with Crippen LogP contribution in [0.3, 0.4) is 0 Å². The monoisotopic (exact) mass is 414 g/mol. The maximum atomic E-state index is 13.4. The van der Waals surface area contributed by atoms with Gasteiger partial charge in [-0.05, 0) is 53.3 Å². The number of nitrogens with zero attached hydrogens (tertiary/aromatic N) is 1. The molecule has 1 atom stereocenters. The molecular weight excluding hydrogens is 388 g/mol. The molecule has 1 fully saturated rings. The van der Waals surface area contributed by atoms with Gasteiger partial charge in [0, 0.05) is 5.56 Å². The Hall–Kier alpha value is -3.47. The van der Waals surface area contributed by atoms with Gasteiger partial charge in [-0.2, -0.15) is 0 Å². The number of hydrogen-bond acceptors (Lipinski definition) is 3. The van der Waals surface area contributed by atoms with Crippen LogP contribution in [-0.2, 0) is 23.2 Å². The number of nitrogens with one attached hydrogen (secondary N) is 1. The maximum absolute atomic E-state index is 13.4. The highest BCUT2D eigenvalue weighted by atomic mass is 16.2. The predicted octanol–water partition coefficient (Wildman–Crippen LogP) is 4.61. The largest absolute Gasteiger partial charge is 0.325 e. The van der Waals surface area contributed by atoms with Crippen LogP contribution in [0.5, 0.6) is 0 Å². The first kappa shape index (κ1) is 20.8. The number of carbonyl (C=O) groups excluding carboxylic acids is 3. The van der Waals surface area contributed by atoms with Crippen LogP contribution < -0.4 is 5.32 Å². The summed E-state index contributed by atoms with van der Waals surface area (Å²) in [5.74, 6) is -0.635. The standard InChI is InChI=1S/C26H26N2O3/c1-4-17-13-14-18(5-2)21(15-17)23(29)16-28-24(30)26(3,27-25(28)31)22-12-8-10-19-9-6-7-11-20(19)22/h6-15H,4-5,16H2,1-3H3,(H,27,31). The number of amides is 3. The number of urea groups is 1. The molecule has 1 unspecified atom stereocenters. The van der Waals surface area contributed by atoms with Crippen molar-refractivity contribution in [2.24, 2.45) is 0 Å². The van der Waals surface area contributed by atoms with Gasteiger partial charge < -0.3 is 5.32 Å². The topological polar surface area (TPSA) is 66.5 Å². The van der Waals surface area contributed by atoms with Crippen molar-refractivity contribution in [1.82, 2.24) is 10.2 Å². The van der Waals surface area contributed by atoms with E-state index in [4.69, 9.17) is 0 Å². The van der Waals surface area contributed by atoms with Gasteiger partial charge in [0.2, 0.25) is 0 Å². The summed E-state index contributed by atoms with van der Waals surface area (Å²) in [6.07, 6.45) is 1.52. The lowest BCUT2D eigenvalue weighted by atomic mass is 9.87. The Bertz CT molecular complexity index is 1190. The summed E-state index contributed by atoms with van der Waals surface area (Å²) in [7, 11) is 0. The zero-order chi connectivity index (χ0) is 22.2. The van der Waals surface area contributed by atoms with Crippen molar-refractivity contribution in [1.29, 1.82) is 0 Å². The summed E-state index contributed by atoms with van der Waals surface area (Å²) in [6, 6.07) is 18.8. The number of Topliss-reactive ketones (excluding diaryl/α,β-unsaturated/α-hetero) is 1. The Morgan fingerprint density at radius 2 is 1.71 bits per heavy atom. The Kier molecular flexibility index (Phi) is 5.36.